The molecular formula is C21H17NO6S. The van der Waals surface area contributed by atoms with Gasteiger partial charge in [0.1, 0.15) is 12.2 Å². The molecule has 8 heteroatoms. The number of carbonyl (C=O) groups is 2. The fourth-order valence-corrected chi connectivity index (χ4v) is 4.90. The average molecular weight is 411 g/mol. The Morgan fingerprint density at radius 2 is 1.79 bits per heavy atom. The predicted octanol–water partition coefficient (Wildman–Crippen LogP) is 2.88. The quantitative estimate of drug-likeness (QED) is 0.484. The molecule has 2 heterocycles. The molecule has 0 unspecified atom stereocenters. The van der Waals surface area contributed by atoms with Crippen LogP contribution in [0.5, 0.6) is 0 Å². The lowest BCUT2D eigenvalue weighted by molar-refractivity contribution is -0.147. The van der Waals surface area contributed by atoms with Crippen molar-refractivity contribution in [1.29, 1.82) is 0 Å². The summed E-state index contributed by atoms with van der Waals surface area (Å²) in [4.78, 5) is 24.6. The summed E-state index contributed by atoms with van der Waals surface area (Å²) in [5.41, 5.74) is 0.862. The second-order valence-corrected chi connectivity index (χ2v) is 8.10. The van der Waals surface area contributed by atoms with Crippen molar-refractivity contribution in [2.24, 2.45) is 0 Å². The Morgan fingerprint density at radius 1 is 1.10 bits per heavy atom. The maximum absolute atomic E-state index is 13.4. The van der Waals surface area contributed by atoms with Crippen molar-refractivity contribution in [1.82, 2.24) is 3.97 Å². The van der Waals surface area contributed by atoms with Gasteiger partial charge in [-0.3, -0.25) is 0 Å². The zero-order chi connectivity index (χ0) is 20.6. The topological polar surface area (TPSA) is 91.7 Å². The average Bonchev–Trinajstić information content (AvgIpc) is 2.94. The smallest absolute Gasteiger partial charge is 0.345 e. The third-order valence-electron chi connectivity index (χ3n) is 4.59. The molecule has 1 aromatic heterocycles. The molecule has 0 bridgehead atoms. The minimum absolute atomic E-state index is 0.0977. The lowest BCUT2D eigenvalue weighted by atomic mass is 10.1. The largest absolute Gasteiger partial charge is 0.462 e. The summed E-state index contributed by atoms with van der Waals surface area (Å²) in [5.74, 6) is -1.67. The fourth-order valence-electron chi connectivity index (χ4n) is 3.32. The first-order valence-corrected chi connectivity index (χ1v) is 10.4. The van der Waals surface area contributed by atoms with Gasteiger partial charge in [-0.05, 0) is 31.2 Å². The van der Waals surface area contributed by atoms with Gasteiger partial charge < -0.3 is 9.47 Å². The highest BCUT2D eigenvalue weighted by Gasteiger charge is 2.32. The van der Waals surface area contributed by atoms with Gasteiger partial charge in [0.15, 0.2) is 0 Å². The van der Waals surface area contributed by atoms with Crippen molar-refractivity contribution in [2.45, 2.75) is 18.4 Å². The second-order valence-electron chi connectivity index (χ2n) is 6.31. The number of para-hydroxylation sites is 1. The Kier molecular flexibility index (Phi) is 4.71. The molecule has 0 saturated carbocycles. The van der Waals surface area contributed by atoms with E-state index in [4.69, 9.17) is 9.47 Å². The Bertz CT molecular complexity index is 1260. The van der Waals surface area contributed by atoms with Gasteiger partial charge in [-0.1, -0.05) is 36.4 Å². The molecular weight excluding hydrogens is 394 g/mol. The zero-order valence-corrected chi connectivity index (χ0v) is 16.3. The molecule has 29 heavy (non-hydrogen) atoms. The van der Waals surface area contributed by atoms with Gasteiger partial charge >= 0.3 is 11.9 Å². The van der Waals surface area contributed by atoms with E-state index >= 15 is 0 Å². The van der Waals surface area contributed by atoms with Crippen molar-refractivity contribution in [3.05, 3.63) is 71.4 Å². The van der Waals surface area contributed by atoms with Crippen molar-refractivity contribution in [3.63, 3.8) is 0 Å². The lowest BCUT2D eigenvalue weighted by Crippen LogP contribution is -2.19. The first kappa shape index (κ1) is 18.9. The maximum Gasteiger partial charge on any atom is 0.345 e. The third kappa shape index (κ3) is 3.11. The maximum atomic E-state index is 13.4. The van der Waals surface area contributed by atoms with E-state index < -0.39 is 22.0 Å². The molecule has 0 amide bonds. The predicted molar refractivity (Wildman–Crippen MR) is 105 cm³/mol. The monoisotopic (exact) mass is 411 g/mol. The van der Waals surface area contributed by atoms with E-state index in [2.05, 4.69) is 0 Å². The van der Waals surface area contributed by atoms with Crippen LogP contribution in [0, 0.1) is 0 Å². The lowest BCUT2D eigenvalue weighted by Gasteiger charge is -2.12. The molecule has 148 valence electrons. The first-order valence-electron chi connectivity index (χ1n) is 8.94. The highest BCUT2D eigenvalue weighted by molar-refractivity contribution is 7.90. The van der Waals surface area contributed by atoms with E-state index in [1.807, 2.05) is 0 Å². The number of ether oxygens (including phenoxy) is 2. The molecule has 4 rings (SSSR count). The van der Waals surface area contributed by atoms with Crippen molar-refractivity contribution in [3.8, 4) is 0 Å². The number of rotatable bonds is 4. The summed E-state index contributed by atoms with van der Waals surface area (Å²) in [5, 5.41) is 0.585. The Morgan fingerprint density at radius 3 is 2.52 bits per heavy atom. The van der Waals surface area contributed by atoms with Crippen molar-refractivity contribution >= 4 is 38.9 Å². The number of esters is 2. The van der Waals surface area contributed by atoms with Gasteiger partial charge in [-0.15, -0.1) is 0 Å². The number of cyclic esters (lactones) is 1. The number of benzene rings is 2. The van der Waals surface area contributed by atoms with Crippen LogP contribution in [0.4, 0.5) is 0 Å². The Labute approximate surface area is 167 Å². The number of hydrogen-bond acceptors (Lipinski definition) is 6. The summed E-state index contributed by atoms with van der Waals surface area (Å²) in [6.07, 6.45) is 1.35. The van der Waals surface area contributed by atoms with Crippen LogP contribution in [0.1, 0.15) is 18.2 Å². The van der Waals surface area contributed by atoms with E-state index in [1.165, 1.54) is 22.2 Å². The van der Waals surface area contributed by atoms with Crippen LogP contribution in [-0.2, 0) is 35.7 Å². The minimum Gasteiger partial charge on any atom is -0.462 e. The first-order chi connectivity index (χ1) is 13.9. The van der Waals surface area contributed by atoms with E-state index in [0.717, 1.165) is 0 Å². The normalized spacial score (nSPS) is 14.0. The summed E-state index contributed by atoms with van der Waals surface area (Å²) in [7, 11) is -3.97. The number of carbonyl (C=O) groups excluding carboxylic acids is 2. The molecule has 0 aliphatic carbocycles. The molecule has 3 aromatic rings. The van der Waals surface area contributed by atoms with Gasteiger partial charge in [-0.2, -0.15) is 0 Å². The molecule has 2 aromatic carbocycles. The van der Waals surface area contributed by atoms with E-state index in [0.29, 0.717) is 16.5 Å². The number of hydrogen-bond donors (Lipinski definition) is 0. The minimum atomic E-state index is -3.97. The highest BCUT2D eigenvalue weighted by Crippen LogP contribution is 2.34. The van der Waals surface area contributed by atoms with Crippen molar-refractivity contribution in [2.75, 3.05) is 6.61 Å². The van der Waals surface area contributed by atoms with E-state index in [-0.39, 0.29) is 29.4 Å². The molecule has 1 aliphatic rings. The van der Waals surface area contributed by atoms with Crippen LogP contribution < -0.4 is 0 Å². The zero-order valence-electron chi connectivity index (χ0n) is 15.5. The number of aromatic nitrogens is 1. The Hall–Kier alpha value is -3.39. The van der Waals surface area contributed by atoms with Crippen LogP contribution in [0.15, 0.2) is 65.1 Å². The number of nitrogens with zero attached hydrogens (tertiary/aromatic N) is 1. The van der Waals surface area contributed by atoms with Crippen LogP contribution >= 0.6 is 0 Å². The molecule has 0 saturated heterocycles. The molecule has 0 fully saturated rings. The van der Waals surface area contributed by atoms with E-state index in [1.54, 1.807) is 49.4 Å². The van der Waals surface area contributed by atoms with Gasteiger partial charge in [0, 0.05) is 10.9 Å². The summed E-state index contributed by atoms with van der Waals surface area (Å²) < 4.78 is 38.1. The van der Waals surface area contributed by atoms with Crippen molar-refractivity contribution < 1.29 is 27.5 Å². The molecule has 0 N–H and O–H groups in total. The summed E-state index contributed by atoms with van der Waals surface area (Å²) in [6.45, 7) is 1.43. The van der Waals surface area contributed by atoms with Gasteiger partial charge in [0.2, 0.25) is 0 Å². The van der Waals surface area contributed by atoms with Gasteiger partial charge in [-0.25, -0.2) is 22.0 Å². The van der Waals surface area contributed by atoms with Gasteiger partial charge in [0.05, 0.1) is 22.7 Å². The van der Waals surface area contributed by atoms with Crippen LogP contribution in [0.3, 0.4) is 0 Å². The summed E-state index contributed by atoms with van der Waals surface area (Å²) >= 11 is 0. The Balaban J connectivity index is 2.02. The SMILES string of the molecule is CCOC(=O)C1=Cc2c(n(S(=O)(=O)c3ccccc3)c3ccccc23)COC1=O. The van der Waals surface area contributed by atoms with Crippen LogP contribution in [-0.4, -0.2) is 30.9 Å². The van der Waals surface area contributed by atoms with Crippen LogP contribution in [0.25, 0.3) is 17.0 Å². The highest BCUT2D eigenvalue weighted by atomic mass is 32.2. The molecule has 1 aliphatic heterocycles. The second kappa shape index (κ2) is 7.21. The molecule has 0 spiro atoms. The third-order valence-corrected chi connectivity index (χ3v) is 6.36. The molecule has 0 radical (unpaired) electrons. The standard InChI is InChI=1S/C21H17NO6S/c1-2-27-20(23)17-12-16-15-10-6-7-11-18(15)22(19(16)13-28-21(17)24)29(25,26)14-8-4-3-5-9-14/h3-12H,2,13H2,1H3. The van der Waals surface area contributed by atoms with E-state index in [9.17, 15) is 18.0 Å². The summed E-state index contributed by atoms with van der Waals surface area (Å²) in [6, 6.07) is 14.9. The number of fused-ring (bicyclic) bond motifs is 3. The fraction of sp³-hybridized carbons (Fsp3) is 0.143. The molecule has 0 atom stereocenters. The van der Waals surface area contributed by atoms with Gasteiger partial charge in [0.25, 0.3) is 10.0 Å². The molecule has 7 nitrogen and oxygen atoms in total. The van der Waals surface area contributed by atoms with Crippen LogP contribution in [0.2, 0.25) is 0 Å².